The van der Waals surface area contributed by atoms with Gasteiger partial charge in [0.15, 0.2) is 0 Å². The van der Waals surface area contributed by atoms with Crippen molar-refractivity contribution in [2.75, 3.05) is 11.9 Å². The summed E-state index contributed by atoms with van der Waals surface area (Å²) in [6.07, 6.45) is 21.9. The van der Waals surface area contributed by atoms with Gasteiger partial charge < -0.3 is 5.32 Å². The van der Waals surface area contributed by atoms with E-state index in [1.165, 1.54) is 142 Å². The summed E-state index contributed by atoms with van der Waals surface area (Å²) in [6, 6.07) is 17.5. The number of nitrogens with zero attached hydrogens (tertiary/aromatic N) is 2. The topological polar surface area (TPSA) is 37.8 Å². The number of fused-ring (bicyclic) bond motifs is 4. The Bertz CT molecular complexity index is 1300. The summed E-state index contributed by atoms with van der Waals surface area (Å²) in [5, 5.41) is 6.55. The summed E-state index contributed by atoms with van der Waals surface area (Å²) in [7, 11) is 0. The van der Waals surface area contributed by atoms with E-state index >= 15 is 0 Å². The van der Waals surface area contributed by atoms with Crippen molar-refractivity contribution >= 4 is 27.5 Å². The SMILES string of the molecule is c1ccc2c(CCCCCCCCCCNc3c4c(nc5ccccc35)CCCC4)c3c(nc2c1)CCCC3. The molecule has 2 aromatic heterocycles. The fraction of sp³-hybridized carbons (Fsp3) is 0.500. The third-order valence-corrected chi connectivity index (χ3v) is 9.11. The first-order valence-electron chi connectivity index (χ1n) is 15.9. The Labute approximate surface area is 234 Å². The summed E-state index contributed by atoms with van der Waals surface area (Å²) in [6.45, 7) is 1.07. The molecule has 0 spiro atoms. The number of para-hydroxylation sites is 2. The molecule has 39 heavy (non-hydrogen) atoms. The Morgan fingerprint density at radius 2 is 1.08 bits per heavy atom. The molecule has 0 aliphatic heterocycles. The Hall–Kier alpha value is -2.94. The first-order chi connectivity index (χ1) is 19.4. The highest BCUT2D eigenvalue weighted by Crippen LogP contribution is 2.33. The zero-order valence-electron chi connectivity index (χ0n) is 23.7. The molecule has 0 amide bonds. The number of benzene rings is 2. The van der Waals surface area contributed by atoms with Gasteiger partial charge in [-0.1, -0.05) is 74.9 Å². The number of nitrogens with one attached hydrogen (secondary N) is 1. The van der Waals surface area contributed by atoms with Crippen molar-refractivity contribution in [1.82, 2.24) is 9.97 Å². The first-order valence-corrected chi connectivity index (χ1v) is 15.9. The zero-order chi connectivity index (χ0) is 26.3. The van der Waals surface area contributed by atoms with Crippen molar-refractivity contribution in [1.29, 1.82) is 0 Å². The molecule has 0 fully saturated rings. The second kappa shape index (κ2) is 12.9. The fourth-order valence-corrected chi connectivity index (χ4v) is 7.03. The van der Waals surface area contributed by atoms with Gasteiger partial charge in [0.05, 0.1) is 11.0 Å². The molecule has 1 N–H and O–H groups in total. The molecule has 0 saturated heterocycles. The van der Waals surface area contributed by atoms with Gasteiger partial charge in [0.25, 0.3) is 0 Å². The maximum Gasteiger partial charge on any atom is 0.0726 e. The number of anilines is 1. The molecule has 0 saturated carbocycles. The van der Waals surface area contributed by atoms with Crippen molar-refractivity contribution < 1.29 is 0 Å². The van der Waals surface area contributed by atoms with Crippen molar-refractivity contribution in [2.45, 2.75) is 109 Å². The molecule has 0 unspecified atom stereocenters. The van der Waals surface area contributed by atoms with Gasteiger partial charge in [-0.3, -0.25) is 9.97 Å². The van der Waals surface area contributed by atoms with E-state index in [1.807, 2.05) is 0 Å². The predicted molar refractivity (Wildman–Crippen MR) is 166 cm³/mol. The van der Waals surface area contributed by atoms with Crippen LogP contribution in [0.25, 0.3) is 21.8 Å². The van der Waals surface area contributed by atoms with Gasteiger partial charge in [0.1, 0.15) is 0 Å². The van der Waals surface area contributed by atoms with Gasteiger partial charge >= 0.3 is 0 Å². The molecule has 4 aromatic rings. The van der Waals surface area contributed by atoms with Crippen LogP contribution in [-0.2, 0) is 32.1 Å². The molecule has 0 radical (unpaired) electrons. The van der Waals surface area contributed by atoms with Crippen LogP contribution >= 0.6 is 0 Å². The molecular weight excluding hydrogens is 474 g/mol. The molecule has 2 aromatic carbocycles. The lowest BCUT2D eigenvalue weighted by Crippen LogP contribution is -2.12. The standard InChI is InChI=1S/C36H45N3/c1(3-5-7-17-27-28-18-8-12-22-32(28)38-33-23-13-9-19-29(27)33)2-4-6-16-26-37-36-30-20-10-14-24-34(30)39-35-25-15-11-21-31(35)36/h8,10,12,14,18,20,22,24H,1-7,9,11,13,15-17,19,21,23,25-26H2,(H,37,39). The smallest absolute Gasteiger partial charge is 0.0726 e. The molecule has 0 atom stereocenters. The molecule has 6 rings (SSSR count). The van der Waals surface area contributed by atoms with Gasteiger partial charge in [-0.15, -0.1) is 0 Å². The number of pyridine rings is 2. The summed E-state index contributed by atoms with van der Waals surface area (Å²) in [5.74, 6) is 0. The van der Waals surface area contributed by atoms with E-state index in [4.69, 9.17) is 9.97 Å². The quantitative estimate of drug-likeness (QED) is 0.189. The van der Waals surface area contributed by atoms with Crippen LogP contribution < -0.4 is 5.32 Å². The van der Waals surface area contributed by atoms with Crippen LogP contribution in [0.5, 0.6) is 0 Å². The summed E-state index contributed by atoms with van der Waals surface area (Å²) >= 11 is 0. The maximum absolute atomic E-state index is 5.02. The van der Waals surface area contributed by atoms with Crippen LogP contribution in [0.3, 0.4) is 0 Å². The van der Waals surface area contributed by atoms with E-state index in [9.17, 15) is 0 Å². The zero-order valence-corrected chi connectivity index (χ0v) is 23.7. The van der Waals surface area contributed by atoms with Crippen molar-refractivity contribution in [3.05, 3.63) is 76.6 Å². The lowest BCUT2D eigenvalue weighted by Gasteiger charge is -2.21. The Morgan fingerprint density at radius 3 is 1.82 bits per heavy atom. The molecule has 3 nitrogen and oxygen atoms in total. The Morgan fingerprint density at radius 1 is 0.538 bits per heavy atom. The molecule has 2 aliphatic carbocycles. The fourth-order valence-electron chi connectivity index (χ4n) is 7.03. The van der Waals surface area contributed by atoms with Crippen molar-refractivity contribution in [2.24, 2.45) is 0 Å². The molecule has 2 aliphatic rings. The van der Waals surface area contributed by atoms with E-state index in [1.54, 1.807) is 11.1 Å². The van der Waals surface area contributed by atoms with Gasteiger partial charge in [-0.2, -0.15) is 0 Å². The van der Waals surface area contributed by atoms with E-state index in [2.05, 4.69) is 53.8 Å². The average molecular weight is 520 g/mol. The number of hydrogen-bond acceptors (Lipinski definition) is 3. The predicted octanol–water partition coefficient (Wildman–Crippen LogP) is 9.32. The molecule has 204 valence electrons. The van der Waals surface area contributed by atoms with Crippen LogP contribution in [0.2, 0.25) is 0 Å². The van der Waals surface area contributed by atoms with Gasteiger partial charge in [0, 0.05) is 34.4 Å². The summed E-state index contributed by atoms with van der Waals surface area (Å²) in [4.78, 5) is 10.0. The third kappa shape index (κ3) is 6.13. The van der Waals surface area contributed by atoms with Crippen LogP contribution in [0, 0.1) is 0 Å². The number of unbranched alkanes of at least 4 members (excludes halogenated alkanes) is 7. The lowest BCUT2D eigenvalue weighted by atomic mass is 9.87. The van der Waals surface area contributed by atoms with Gasteiger partial charge in [-0.25, -0.2) is 0 Å². The summed E-state index contributed by atoms with van der Waals surface area (Å²) in [5.41, 5.74) is 11.1. The van der Waals surface area contributed by atoms with Crippen LogP contribution in [0.4, 0.5) is 5.69 Å². The summed E-state index contributed by atoms with van der Waals surface area (Å²) < 4.78 is 0. The normalized spacial score (nSPS) is 14.9. The van der Waals surface area contributed by atoms with Crippen LogP contribution in [0.1, 0.15) is 105 Å². The third-order valence-electron chi connectivity index (χ3n) is 9.11. The Balaban J connectivity index is 0.910. The van der Waals surface area contributed by atoms with E-state index in [-0.39, 0.29) is 0 Å². The molecular formula is C36H45N3. The Kier molecular flexibility index (Phi) is 8.72. The first kappa shape index (κ1) is 26.3. The number of aryl methyl sites for hydroxylation is 3. The monoisotopic (exact) mass is 519 g/mol. The van der Waals surface area contributed by atoms with Crippen LogP contribution in [0.15, 0.2) is 48.5 Å². The van der Waals surface area contributed by atoms with E-state index in [0.717, 1.165) is 18.5 Å². The molecule has 3 heteroatoms. The highest BCUT2D eigenvalue weighted by Gasteiger charge is 2.19. The maximum atomic E-state index is 5.02. The van der Waals surface area contributed by atoms with Crippen molar-refractivity contribution in [3.63, 3.8) is 0 Å². The van der Waals surface area contributed by atoms with E-state index < -0.39 is 0 Å². The minimum Gasteiger partial charge on any atom is -0.384 e. The number of aromatic nitrogens is 2. The highest BCUT2D eigenvalue weighted by molar-refractivity contribution is 5.93. The largest absolute Gasteiger partial charge is 0.384 e. The van der Waals surface area contributed by atoms with Gasteiger partial charge in [-0.05, 0) is 99.5 Å². The van der Waals surface area contributed by atoms with E-state index in [0.29, 0.717) is 0 Å². The number of rotatable bonds is 12. The van der Waals surface area contributed by atoms with Crippen molar-refractivity contribution in [3.8, 4) is 0 Å². The second-order valence-corrected chi connectivity index (χ2v) is 11.9. The average Bonchev–Trinajstić information content (AvgIpc) is 2.98. The van der Waals surface area contributed by atoms with Crippen LogP contribution in [-0.4, -0.2) is 16.5 Å². The van der Waals surface area contributed by atoms with Gasteiger partial charge in [0.2, 0.25) is 0 Å². The minimum atomic E-state index is 1.07. The molecule has 2 heterocycles. The molecule has 0 bridgehead atoms. The number of hydrogen-bond donors (Lipinski definition) is 1. The lowest BCUT2D eigenvalue weighted by molar-refractivity contribution is 0.571. The second-order valence-electron chi connectivity index (χ2n) is 11.9. The minimum absolute atomic E-state index is 1.07. The highest BCUT2D eigenvalue weighted by atomic mass is 14.9.